The zero-order valence-electron chi connectivity index (χ0n) is 32.8. The summed E-state index contributed by atoms with van der Waals surface area (Å²) in [5.74, 6) is 1.85. The molecule has 59 heavy (non-hydrogen) atoms. The highest BCUT2D eigenvalue weighted by atomic mass is 15.2. The normalized spacial score (nSPS) is 12.7. The molecule has 5 nitrogen and oxygen atoms in total. The minimum atomic E-state index is -0.150. The van der Waals surface area contributed by atoms with E-state index in [1.165, 1.54) is 22.3 Å². The second kappa shape index (κ2) is 13.8. The van der Waals surface area contributed by atoms with Crippen molar-refractivity contribution in [2.24, 2.45) is 0 Å². The summed E-state index contributed by atoms with van der Waals surface area (Å²) in [6, 6.07) is 70.7. The lowest BCUT2D eigenvalue weighted by molar-refractivity contribution is 0.660. The minimum Gasteiger partial charge on any atom is -0.311 e. The molecule has 0 radical (unpaired) electrons. The Hall–Kier alpha value is -7.63. The average molecular weight is 758 g/mol. The van der Waals surface area contributed by atoms with E-state index in [2.05, 4.69) is 224 Å². The third kappa shape index (κ3) is 5.81. The van der Waals surface area contributed by atoms with Crippen LogP contribution in [0, 0.1) is 0 Å². The van der Waals surface area contributed by atoms with Crippen molar-refractivity contribution >= 4 is 38.9 Å². The molecule has 0 fully saturated rings. The number of para-hydroxylation sites is 4. The summed E-state index contributed by atoms with van der Waals surface area (Å²) in [7, 11) is 0. The topological polar surface area (TPSA) is 46.8 Å². The maximum Gasteiger partial charge on any atom is 0.238 e. The van der Waals surface area contributed by atoms with Crippen LogP contribution in [-0.4, -0.2) is 19.5 Å². The first-order chi connectivity index (χ1) is 29.0. The fourth-order valence-electron chi connectivity index (χ4n) is 8.92. The van der Waals surface area contributed by atoms with Crippen LogP contribution in [0.1, 0.15) is 25.0 Å². The third-order valence-corrected chi connectivity index (χ3v) is 11.9. The van der Waals surface area contributed by atoms with Gasteiger partial charge in [0, 0.05) is 44.4 Å². The maximum atomic E-state index is 5.26. The van der Waals surface area contributed by atoms with Crippen molar-refractivity contribution in [2.75, 3.05) is 4.90 Å². The van der Waals surface area contributed by atoms with Crippen LogP contribution in [0.3, 0.4) is 0 Å². The van der Waals surface area contributed by atoms with Crippen molar-refractivity contribution in [1.82, 2.24) is 19.5 Å². The van der Waals surface area contributed by atoms with Gasteiger partial charge in [0.05, 0.1) is 11.0 Å². The SMILES string of the molecule is CC1(C)c2ccccc2-c2ccc(-c3nc(-c4ccc(-c5ccc(N(c6ccccc6)c6ccccc6)cc5)cc4)nc(-n4c5ccccc5c5ccccc54)n3)cc21. The van der Waals surface area contributed by atoms with Crippen LogP contribution < -0.4 is 4.90 Å². The fourth-order valence-corrected chi connectivity index (χ4v) is 8.92. The molecule has 1 aliphatic rings. The molecular weight excluding hydrogens is 719 g/mol. The van der Waals surface area contributed by atoms with Crippen LogP contribution >= 0.6 is 0 Å². The Morgan fingerprint density at radius 1 is 0.390 bits per heavy atom. The molecule has 0 saturated carbocycles. The summed E-state index contributed by atoms with van der Waals surface area (Å²) in [4.78, 5) is 18.0. The minimum absolute atomic E-state index is 0.150. The van der Waals surface area contributed by atoms with Crippen molar-refractivity contribution in [3.63, 3.8) is 0 Å². The summed E-state index contributed by atoms with van der Waals surface area (Å²) >= 11 is 0. The second-order valence-corrected chi connectivity index (χ2v) is 15.7. The molecule has 10 aromatic rings. The molecule has 8 aromatic carbocycles. The number of aromatic nitrogens is 4. The van der Waals surface area contributed by atoms with Gasteiger partial charge >= 0.3 is 0 Å². The van der Waals surface area contributed by atoms with Crippen LogP contribution in [0.15, 0.2) is 200 Å². The van der Waals surface area contributed by atoms with Crippen molar-refractivity contribution < 1.29 is 0 Å². The largest absolute Gasteiger partial charge is 0.311 e. The zero-order chi connectivity index (χ0) is 39.5. The summed E-state index contributed by atoms with van der Waals surface area (Å²) in [5.41, 5.74) is 14.6. The lowest BCUT2D eigenvalue weighted by Crippen LogP contribution is -2.15. The van der Waals surface area contributed by atoms with Gasteiger partial charge in [0.2, 0.25) is 5.95 Å². The van der Waals surface area contributed by atoms with Gasteiger partial charge in [-0.25, -0.2) is 4.98 Å². The Kier molecular flexibility index (Phi) is 8.09. The van der Waals surface area contributed by atoms with Crippen molar-refractivity contribution in [2.45, 2.75) is 19.3 Å². The first-order valence-electron chi connectivity index (χ1n) is 20.1. The number of anilines is 3. The predicted molar refractivity (Wildman–Crippen MR) is 243 cm³/mol. The molecule has 0 unspecified atom stereocenters. The van der Waals surface area contributed by atoms with Crippen LogP contribution in [0.25, 0.3) is 72.8 Å². The van der Waals surface area contributed by atoms with Crippen LogP contribution in [-0.2, 0) is 5.41 Å². The van der Waals surface area contributed by atoms with E-state index in [0.717, 1.165) is 61.1 Å². The van der Waals surface area contributed by atoms with Gasteiger partial charge in [-0.2, -0.15) is 9.97 Å². The number of fused-ring (bicyclic) bond motifs is 6. The Labute approximate surface area is 343 Å². The van der Waals surface area contributed by atoms with E-state index in [1.807, 2.05) is 0 Å². The number of hydrogen-bond acceptors (Lipinski definition) is 4. The van der Waals surface area contributed by atoms with E-state index in [0.29, 0.717) is 17.6 Å². The number of benzene rings is 8. The van der Waals surface area contributed by atoms with Crippen LogP contribution in [0.5, 0.6) is 0 Å². The van der Waals surface area contributed by atoms with Gasteiger partial charge in [-0.15, -0.1) is 0 Å². The smallest absolute Gasteiger partial charge is 0.238 e. The molecule has 5 heteroatoms. The van der Waals surface area contributed by atoms with Gasteiger partial charge in [0.15, 0.2) is 11.6 Å². The van der Waals surface area contributed by atoms with Gasteiger partial charge < -0.3 is 4.90 Å². The maximum absolute atomic E-state index is 5.26. The van der Waals surface area contributed by atoms with E-state index in [9.17, 15) is 0 Å². The van der Waals surface area contributed by atoms with Crippen LogP contribution in [0.2, 0.25) is 0 Å². The summed E-state index contributed by atoms with van der Waals surface area (Å²) in [6.45, 7) is 4.61. The number of nitrogens with zero attached hydrogens (tertiary/aromatic N) is 5. The van der Waals surface area contributed by atoms with Gasteiger partial charge in [-0.05, 0) is 88.0 Å². The molecule has 0 bridgehead atoms. The molecular formula is C54H39N5. The Morgan fingerprint density at radius 3 is 1.47 bits per heavy atom. The Morgan fingerprint density at radius 2 is 0.847 bits per heavy atom. The summed E-state index contributed by atoms with van der Waals surface area (Å²) in [5, 5.41) is 2.32. The molecule has 280 valence electrons. The highest BCUT2D eigenvalue weighted by Crippen LogP contribution is 2.49. The van der Waals surface area contributed by atoms with Gasteiger partial charge in [-0.1, -0.05) is 159 Å². The van der Waals surface area contributed by atoms with E-state index in [4.69, 9.17) is 15.0 Å². The average Bonchev–Trinajstić information content (AvgIpc) is 3.75. The molecule has 0 spiro atoms. The standard InChI is InChI=1S/C54H39N5/c1-54(2)47-22-12-9-19-43(47)44-34-31-39(35-48(44)54)52-55-51(56-53(57-52)59-49-23-13-10-20-45(49)46-21-11-14-24-50(46)59)38-27-25-36(26-28-38)37-29-32-42(33-30-37)58(40-15-5-3-6-16-40)41-17-7-4-8-18-41/h3-35H,1-2H3. The predicted octanol–water partition coefficient (Wildman–Crippen LogP) is 13.7. The molecule has 0 N–H and O–H groups in total. The van der Waals surface area contributed by atoms with Gasteiger partial charge in [0.25, 0.3) is 0 Å². The number of hydrogen-bond donors (Lipinski definition) is 0. The van der Waals surface area contributed by atoms with Crippen molar-refractivity contribution in [3.05, 3.63) is 211 Å². The van der Waals surface area contributed by atoms with Gasteiger partial charge in [0.1, 0.15) is 0 Å². The fraction of sp³-hybridized carbons (Fsp3) is 0.0556. The van der Waals surface area contributed by atoms with E-state index in [-0.39, 0.29) is 5.41 Å². The first kappa shape index (κ1) is 34.6. The molecule has 0 amide bonds. The van der Waals surface area contributed by atoms with Gasteiger partial charge in [-0.3, -0.25) is 4.57 Å². The lowest BCUT2D eigenvalue weighted by Gasteiger charge is -2.25. The first-order valence-corrected chi connectivity index (χ1v) is 20.1. The molecule has 11 rings (SSSR count). The molecule has 2 heterocycles. The highest BCUT2D eigenvalue weighted by molar-refractivity contribution is 6.09. The highest BCUT2D eigenvalue weighted by Gasteiger charge is 2.35. The van der Waals surface area contributed by atoms with E-state index >= 15 is 0 Å². The quantitative estimate of drug-likeness (QED) is 0.162. The van der Waals surface area contributed by atoms with Crippen molar-refractivity contribution in [1.29, 1.82) is 0 Å². The summed E-state index contributed by atoms with van der Waals surface area (Å²) in [6.07, 6.45) is 0. The van der Waals surface area contributed by atoms with E-state index < -0.39 is 0 Å². The molecule has 2 aromatic heterocycles. The van der Waals surface area contributed by atoms with Crippen molar-refractivity contribution in [3.8, 4) is 51.0 Å². The Bertz CT molecular complexity index is 3070. The monoisotopic (exact) mass is 757 g/mol. The molecule has 1 aliphatic carbocycles. The lowest BCUT2D eigenvalue weighted by atomic mass is 9.82. The van der Waals surface area contributed by atoms with E-state index in [1.54, 1.807) is 0 Å². The second-order valence-electron chi connectivity index (χ2n) is 15.7. The molecule has 0 aliphatic heterocycles. The summed E-state index contributed by atoms with van der Waals surface area (Å²) < 4.78 is 2.18. The zero-order valence-corrected chi connectivity index (χ0v) is 32.8. The third-order valence-electron chi connectivity index (χ3n) is 11.9. The molecule has 0 atom stereocenters. The number of rotatable bonds is 7. The van der Waals surface area contributed by atoms with Crippen LogP contribution in [0.4, 0.5) is 17.1 Å². The Balaban J connectivity index is 1.01. The molecule has 0 saturated heterocycles.